The highest BCUT2D eigenvalue weighted by molar-refractivity contribution is 8.77. The van der Waals surface area contributed by atoms with Crippen LogP contribution in [-0.4, -0.2) is 165 Å². The molecule has 8 nitrogen and oxygen atoms in total. The monoisotopic (exact) mass is 1040 g/mol. The molecule has 0 radical (unpaired) electrons. The lowest BCUT2D eigenvalue weighted by Crippen LogP contribution is -2.57. The summed E-state index contributed by atoms with van der Waals surface area (Å²) in [6, 6.07) is 1.15. The Morgan fingerprint density at radius 1 is 0.368 bits per heavy atom. The second-order valence-electron chi connectivity index (χ2n) is 21.0. The van der Waals surface area contributed by atoms with Crippen LogP contribution in [0.3, 0.4) is 0 Å². The molecule has 1 aliphatic rings. The van der Waals surface area contributed by atoms with Crippen molar-refractivity contribution in [3.63, 3.8) is 0 Å². The largest absolute Gasteiger partial charge is 0.392 e. The van der Waals surface area contributed by atoms with Gasteiger partial charge in [0.25, 0.3) is 0 Å². The molecular formula is C56H116N4O4S4. The highest BCUT2D eigenvalue weighted by Crippen LogP contribution is 2.26. The van der Waals surface area contributed by atoms with Gasteiger partial charge in [-0.05, 0) is 65.5 Å². The molecule has 0 aromatic carbocycles. The third-order valence-electron chi connectivity index (χ3n) is 14.2. The van der Waals surface area contributed by atoms with Gasteiger partial charge in [-0.2, -0.15) is 0 Å². The number of unbranched alkanes of at least 4 members (excludes halogenated alkanes) is 20. The first kappa shape index (κ1) is 67.1. The lowest BCUT2D eigenvalue weighted by molar-refractivity contribution is 0.0516. The molecule has 1 fully saturated rings. The quantitative estimate of drug-likeness (QED) is 0.0345. The van der Waals surface area contributed by atoms with Gasteiger partial charge in [0.05, 0.1) is 24.4 Å². The van der Waals surface area contributed by atoms with E-state index < -0.39 is 0 Å². The molecule has 68 heavy (non-hydrogen) atoms. The van der Waals surface area contributed by atoms with Gasteiger partial charge >= 0.3 is 0 Å². The van der Waals surface area contributed by atoms with Crippen molar-refractivity contribution >= 4 is 43.2 Å². The van der Waals surface area contributed by atoms with Crippen LogP contribution in [0.1, 0.15) is 234 Å². The van der Waals surface area contributed by atoms with E-state index in [0.29, 0.717) is 38.3 Å². The summed E-state index contributed by atoms with van der Waals surface area (Å²) in [7, 11) is 8.05. The van der Waals surface area contributed by atoms with Crippen molar-refractivity contribution in [2.45, 2.75) is 271 Å². The number of aliphatic hydroxyl groups is 4. The Morgan fingerprint density at radius 2 is 0.618 bits per heavy atom. The molecule has 0 aromatic rings. The standard InChI is InChI=1S/C56H116N4O4S4/c1-7-11-15-19-23-27-33-53(61)47-57(48-54(62)34-28-24-20-16-12-8-2)37-31-41-65-67-43-39-59-45-52(6)60(46-51(59)5)40-44-68-66-42-32-38-58(49-55(63)35-29-25-21-17-13-9-3)50-56(64)36-30-26-22-18-14-10-4/h51-56,61-64H,7-50H2,1-6H3. The van der Waals surface area contributed by atoms with E-state index in [4.69, 9.17) is 0 Å². The minimum absolute atomic E-state index is 0.295. The molecule has 0 amide bonds. The Labute approximate surface area is 439 Å². The first-order chi connectivity index (χ1) is 33.1. The Morgan fingerprint density at radius 3 is 0.897 bits per heavy atom. The Bertz CT molecular complexity index is 919. The minimum atomic E-state index is -0.295. The van der Waals surface area contributed by atoms with Gasteiger partial charge in [0.2, 0.25) is 0 Å². The molecule has 0 saturated carbocycles. The van der Waals surface area contributed by atoms with Crippen molar-refractivity contribution < 1.29 is 20.4 Å². The fourth-order valence-electron chi connectivity index (χ4n) is 9.84. The predicted octanol–water partition coefficient (Wildman–Crippen LogP) is 14.0. The maximum Gasteiger partial charge on any atom is 0.0667 e. The number of hydrogen-bond acceptors (Lipinski definition) is 12. The van der Waals surface area contributed by atoms with Gasteiger partial charge in [0.1, 0.15) is 0 Å². The second-order valence-corrected chi connectivity index (χ2v) is 26.4. The van der Waals surface area contributed by atoms with E-state index in [0.717, 1.165) is 126 Å². The Balaban J connectivity index is 2.38. The number of rotatable bonds is 52. The molecule has 6 atom stereocenters. The van der Waals surface area contributed by atoms with E-state index in [2.05, 4.69) is 61.1 Å². The van der Waals surface area contributed by atoms with Gasteiger partial charge in [-0.1, -0.05) is 225 Å². The van der Waals surface area contributed by atoms with Crippen LogP contribution in [0.2, 0.25) is 0 Å². The first-order valence-electron chi connectivity index (χ1n) is 29.3. The molecule has 1 aliphatic heterocycles. The second kappa shape index (κ2) is 49.0. The average molecular weight is 1040 g/mol. The van der Waals surface area contributed by atoms with Crippen LogP contribution in [0.15, 0.2) is 0 Å². The van der Waals surface area contributed by atoms with Crippen LogP contribution in [-0.2, 0) is 0 Å². The normalized spacial score (nSPS) is 18.0. The molecule has 0 aliphatic carbocycles. The maximum absolute atomic E-state index is 10.9. The zero-order valence-corrected chi connectivity index (χ0v) is 49.1. The summed E-state index contributed by atoms with van der Waals surface area (Å²) in [5.74, 6) is 4.53. The van der Waals surface area contributed by atoms with Gasteiger partial charge in [-0.3, -0.25) is 19.6 Å². The number of hydrogen-bond donors (Lipinski definition) is 4. The van der Waals surface area contributed by atoms with Crippen LogP contribution in [0.5, 0.6) is 0 Å². The first-order valence-corrected chi connectivity index (χ1v) is 34.2. The van der Waals surface area contributed by atoms with Crippen molar-refractivity contribution in [2.75, 3.05) is 88.5 Å². The van der Waals surface area contributed by atoms with Crippen LogP contribution >= 0.6 is 43.2 Å². The Kier molecular flexibility index (Phi) is 48.3. The lowest BCUT2D eigenvalue weighted by atomic mass is 10.1. The fraction of sp³-hybridized carbons (Fsp3) is 1.00. The van der Waals surface area contributed by atoms with Gasteiger partial charge in [-0.25, -0.2) is 0 Å². The Hall–Kier alpha value is 1.08. The number of piperazine rings is 1. The number of aliphatic hydroxyl groups excluding tert-OH is 4. The molecule has 408 valence electrons. The molecule has 0 bridgehead atoms. The third-order valence-corrected chi connectivity index (χ3v) is 19.1. The maximum atomic E-state index is 10.9. The lowest BCUT2D eigenvalue weighted by Gasteiger charge is -2.44. The average Bonchev–Trinajstić information content (AvgIpc) is 3.31. The van der Waals surface area contributed by atoms with Crippen LogP contribution in [0, 0.1) is 0 Å². The van der Waals surface area contributed by atoms with Gasteiger partial charge in [0.15, 0.2) is 0 Å². The predicted molar refractivity (Wildman–Crippen MR) is 310 cm³/mol. The van der Waals surface area contributed by atoms with Crippen molar-refractivity contribution in [1.82, 2.24) is 19.6 Å². The topological polar surface area (TPSA) is 93.9 Å². The van der Waals surface area contributed by atoms with Crippen LogP contribution in [0.4, 0.5) is 0 Å². The van der Waals surface area contributed by atoms with E-state index in [1.807, 2.05) is 43.2 Å². The molecule has 1 rings (SSSR count). The zero-order chi connectivity index (χ0) is 49.7. The molecule has 1 heterocycles. The summed E-state index contributed by atoms with van der Waals surface area (Å²) >= 11 is 0. The highest BCUT2D eigenvalue weighted by Gasteiger charge is 2.28. The SMILES string of the molecule is CCCCCCCCC(O)CN(CCCSSCCN1CC(C)N(CCSSCCCN(CC(O)CCCCCCCC)CC(O)CCCCCCCC)CC1C)CC(O)CCCCCCCC. The minimum Gasteiger partial charge on any atom is -0.392 e. The van der Waals surface area contributed by atoms with Gasteiger partial charge < -0.3 is 20.4 Å². The molecule has 0 aromatic heterocycles. The summed E-state index contributed by atoms with van der Waals surface area (Å²) in [5, 5.41) is 43.8. The van der Waals surface area contributed by atoms with E-state index in [1.165, 1.54) is 128 Å². The number of nitrogens with zero attached hydrogens (tertiary/aromatic N) is 4. The van der Waals surface area contributed by atoms with E-state index >= 15 is 0 Å². The van der Waals surface area contributed by atoms with Crippen LogP contribution < -0.4 is 0 Å². The molecular weight excluding hydrogens is 921 g/mol. The molecule has 0 spiro atoms. The molecule has 4 N–H and O–H groups in total. The van der Waals surface area contributed by atoms with Crippen LogP contribution in [0.25, 0.3) is 0 Å². The molecule has 12 heteroatoms. The third kappa shape index (κ3) is 40.5. The van der Waals surface area contributed by atoms with E-state index in [1.54, 1.807) is 0 Å². The van der Waals surface area contributed by atoms with Crippen molar-refractivity contribution in [2.24, 2.45) is 0 Å². The molecule has 1 saturated heterocycles. The fourth-order valence-corrected chi connectivity index (χ4v) is 14.0. The van der Waals surface area contributed by atoms with E-state index in [-0.39, 0.29) is 24.4 Å². The van der Waals surface area contributed by atoms with E-state index in [9.17, 15) is 20.4 Å². The van der Waals surface area contributed by atoms with Crippen molar-refractivity contribution in [3.8, 4) is 0 Å². The summed E-state index contributed by atoms with van der Waals surface area (Å²) < 4.78 is 0. The highest BCUT2D eigenvalue weighted by atomic mass is 33.1. The summed E-state index contributed by atoms with van der Waals surface area (Å²) in [4.78, 5) is 10.1. The summed E-state index contributed by atoms with van der Waals surface area (Å²) in [6.07, 6.45) is 34.6. The van der Waals surface area contributed by atoms with Gasteiger partial charge in [0, 0.05) is 87.5 Å². The van der Waals surface area contributed by atoms with Crippen molar-refractivity contribution in [3.05, 3.63) is 0 Å². The smallest absolute Gasteiger partial charge is 0.0667 e. The summed E-state index contributed by atoms with van der Waals surface area (Å²) in [5.41, 5.74) is 0. The van der Waals surface area contributed by atoms with Crippen molar-refractivity contribution in [1.29, 1.82) is 0 Å². The summed E-state index contributed by atoms with van der Waals surface area (Å²) in [6.45, 7) is 23.1. The zero-order valence-electron chi connectivity index (χ0n) is 45.8. The van der Waals surface area contributed by atoms with Gasteiger partial charge in [-0.15, -0.1) is 0 Å². The molecule has 6 unspecified atom stereocenters.